The van der Waals surface area contributed by atoms with Gasteiger partial charge in [-0.25, -0.2) is 0 Å². The van der Waals surface area contributed by atoms with Crippen molar-refractivity contribution in [1.82, 2.24) is 5.16 Å². The Morgan fingerprint density at radius 2 is 2.12 bits per heavy atom. The lowest BCUT2D eigenvalue weighted by atomic mass is 10.1. The average molecular weight is 238 g/mol. The molecule has 0 saturated heterocycles. The van der Waals surface area contributed by atoms with Crippen molar-refractivity contribution in [3.05, 3.63) is 40.6 Å². The lowest BCUT2D eigenvalue weighted by molar-refractivity contribution is 0.158. The Morgan fingerprint density at radius 1 is 1.38 bits per heavy atom. The van der Waals surface area contributed by atoms with E-state index >= 15 is 0 Å². The van der Waals surface area contributed by atoms with Crippen molar-refractivity contribution in [2.24, 2.45) is 0 Å². The molecule has 1 N–H and O–H groups in total. The summed E-state index contributed by atoms with van der Waals surface area (Å²) in [5.74, 6) is 0.451. The summed E-state index contributed by atoms with van der Waals surface area (Å²) in [4.78, 5) is 0. The Balaban J connectivity index is 2.39. The fourth-order valence-corrected chi connectivity index (χ4v) is 1.55. The largest absolute Gasteiger partial charge is 0.385 e. The topological polar surface area (TPSA) is 46.3 Å². The third kappa shape index (κ3) is 2.10. The average Bonchev–Trinajstić information content (AvgIpc) is 2.71. The van der Waals surface area contributed by atoms with Crippen molar-refractivity contribution in [1.29, 1.82) is 0 Å². The zero-order valence-corrected chi connectivity index (χ0v) is 9.82. The number of hydrogen-bond donors (Lipinski definition) is 1. The molecule has 0 aliphatic rings. The highest BCUT2D eigenvalue weighted by Crippen LogP contribution is 2.26. The predicted molar refractivity (Wildman–Crippen MR) is 62.3 cm³/mol. The zero-order valence-electron chi connectivity index (χ0n) is 9.07. The number of rotatable bonds is 2. The van der Waals surface area contributed by atoms with Crippen molar-refractivity contribution in [2.75, 3.05) is 0 Å². The molecule has 2 aromatic rings. The SMILES string of the molecule is Cc1ccc(-c2cc(C(C)O)on2)cc1Cl. The number of aryl methyl sites for hydroxylation is 1. The molecule has 0 amide bonds. The molecule has 1 aromatic heterocycles. The Kier molecular flexibility index (Phi) is 2.99. The highest BCUT2D eigenvalue weighted by atomic mass is 35.5. The summed E-state index contributed by atoms with van der Waals surface area (Å²) < 4.78 is 5.01. The summed E-state index contributed by atoms with van der Waals surface area (Å²) in [6.45, 7) is 3.57. The summed E-state index contributed by atoms with van der Waals surface area (Å²) in [6.07, 6.45) is -0.651. The van der Waals surface area contributed by atoms with Gasteiger partial charge >= 0.3 is 0 Å². The molecule has 1 aromatic carbocycles. The van der Waals surface area contributed by atoms with Crippen molar-refractivity contribution in [3.8, 4) is 11.3 Å². The van der Waals surface area contributed by atoms with Gasteiger partial charge < -0.3 is 9.63 Å². The second-order valence-electron chi connectivity index (χ2n) is 3.75. The van der Waals surface area contributed by atoms with Crippen LogP contribution in [-0.4, -0.2) is 10.3 Å². The zero-order chi connectivity index (χ0) is 11.7. The Morgan fingerprint density at radius 3 is 2.69 bits per heavy atom. The number of benzene rings is 1. The lowest BCUT2D eigenvalue weighted by Crippen LogP contribution is -1.85. The fourth-order valence-electron chi connectivity index (χ4n) is 1.37. The van der Waals surface area contributed by atoms with Gasteiger partial charge in [-0.05, 0) is 25.5 Å². The molecule has 0 fully saturated rings. The molecule has 1 heterocycles. The normalized spacial score (nSPS) is 12.8. The third-order valence-electron chi connectivity index (χ3n) is 2.41. The maximum absolute atomic E-state index is 9.32. The standard InChI is InChI=1S/C12H12ClNO2/c1-7-3-4-9(5-10(7)13)11-6-12(8(2)15)16-14-11/h3-6,8,15H,1-2H3. The van der Waals surface area contributed by atoms with Crippen molar-refractivity contribution < 1.29 is 9.63 Å². The molecule has 0 radical (unpaired) electrons. The van der Waals surface area contributed by atoms with E-state index in [2.05, 4.69) is 5.16 Å². The minimum Gasteiger partial charge on any atom is -0.385 e. The van der Waals surface area contributed by atoms with Crippen LogP contribution in [-0.2, 0) is 0 Å². The van der Waals surface area contributed by atoms with Crippen LogP contribution in [0.3, 0.4) is 0 Å². The van der Waals surface area contributed by atoms with Gasteiger partial charge in [0.15, 0.2) is 5.76 Å². The van der Waals surface area contributed by atoms with E-state index in [1.165, 1.54) is 0 Å². The number of aromatic nitrogens is 1. The van der Waals surface area contributed by atoms with Crippen LogP contribution in [0.4, 0.5) is 0 Å². The second-order valence-corrected chi connectivity index (χ2v) is 4.16. The number of halogens is 1. The van der Waals surface area contributed by atoms with E-state index in [1.54, 1.807) is 13.0 Å². The molecule has 0 aliphatic heterocycles. The van der Waals surface area contributed by atoms with E-state index in [-0.39, 0.29) is 0 Å². The van der Waals surface area contributed by atoms with Gasteiger partial charge in [0.1, 0.15) is 11.8 Å². The molecule has 2 rings (SSSR count). The summed E-state index contributed by atoms with van der Waals surface area (Å²) in [7, 11) is 0. The van der Waals surface area contributed by atoms with Crippen LogP contribution >= 0.6 is 11.6 Å². The van der Waals surface area contributed by atoms with Crippen molar-refractivity contribution >= 4 is 11.6 Å². The van der Waals surface area contributed by atoms with Gasteiger partial charge in [0.25, 0.3) is 0 Å². The highest BCUT2D eigenvalue weighted by molar-refractivity contribution is 6.31. The quantitative estimate of drug-likeness (QED) is 0.871. The van der Waals surface area contributed by atoms with Gasteiger partial charge in [-0.1, -0.05) is 28.9 Å². The van der Waals surface area contributed by atoms with Crippen molar-refractivity contribution in [2.45, 2.75) is 20.0 Å². The molecule has 0 aliphatic carbocycles. The van der Waals surface area contributed by atoms with Gasteiger partial charge in [0, 0.05) is 16.7 Å². The van der Waals surface area contributed by atoms with Gasteiger partial charge in [-0.2, -0.15) is 0 Å². The minimum absolute atomic E-state index is 0.451. The molecule has 0 spiro atoms. The minimum atomic E-state index is -0.651. The van der Waals surface area contributed by atoms with E-state index in [9.17, 15) is 5.11 Å². The molecule has 1 atom stereocenters. The number of nitrogens with zero attached hydrogens (tertiary/aromatic N) is 1. The molecular weight excluding hydrogens is 226 g/mol. The van der Waals surface area contributed by atoms with Crippen LogP contribution in [0.2, 0.25) is 5.02 Å². The summed E-state index contributed by atoms with van der Waals surface area (Å²) >= 11 is 6.03. The molecule has 4 heteroatoms. The summed E-state index contributed by atoms with van der Waals surface area (Å²) in [5.41, 5.74) is 2.58. The fraction of sp³-hybridized carbons (Fsp3) is 0.250. The molecule has 0 saturated carbocycles. The van der Waals surface area contributed by atoms with Gasteiger partial charge in [0.05, 0.1) is 0 Å². The van der Waals surface area contributed by atoms with Gasteiger partial charge in [-0.3, -0.25) is 0 Å². The predicted octanol–water partition coefficient (Wildman–Crippen LogP) is 3.36. The maximum Gasteiger partial charge on any atom is 0.165 e. The third-order valence-corrected chi connectivity index (χ3v) is 2.81. The first kappa shape index (κ1) is 11.2. The molecule has 84 valence electrons. The first-order valence-electron chi connectivity index (χ1n) is 4.99. The number of aliphatic hydroxyl groups is 1. The van der Waals surface area contributed by atoms with Crippen LogP contribution in [0.25, 0.3) is 11.3 Å². The van der Waals surface area contributed by atoms with Crippen LogP contribution < -0.4 is 0 Å². The van der Waals surface area contributed by atoms with E-state index < -0.39 is 6.10 Å². The Hall–Kier alpha value is -1.32. The Bertz CT molecular complexity index is 505. The van der Waals surface area contributed by atoms with Crippen molar-refractivity contribution in [3.63, 3.8) is 0 Å². The lowest BCUT2D eigenvalue weighted by Gasteiger charge is -1.99. The van der Waals surface area contributed by atoms with Gasteiger partial charge in [0.2, 0.25) is 0 Å². The number of aliphatic hydroxyl groups excluding tert-OH is 1. The van der Waals surface area contributed by atoms with Crippen LogP contribution in [0.1, 0.15) is 24.4 Å². The van der Waals surface area contributed by atoms with Crippen LogP contribution in [0, 0.1) is 6.92 Å². The molecule has 16 heavy (non-hydrogen) atoms. The molecule has 1 unspecified atom stereocenters. The molecular formula is C12H12ClNO2. The first-order chi connectivity index (χ1) is 7.58. The maximum atomic E-state index is 9.32. The van der Waals surface area contributed by atoms with E-state index in [0.29, 0.717) is 16.5 Å². The second kappa shape index (κ2) is 4.28. The molecule has 0 bridgehead atoms. The molecule has 3 nitrogen and oxygen atoms in total. The van der Waals surface area contributed by atoms with Gasteiger partial charge in [-0.15, -0.1) is 0 Å². The number of hydrogen-bond acceptors (Lipinski definition) is 3. The Labute approximate surface area is 98.6 Å². The summed E-state index contributed by atoms with van der Waals surface area (Å²) in [6, 6.07) is 7.39. The van der Waals surface area contributed by atoms with E-state index in [1.807, 2.05) is 25.1 Å². The van der Waals surface area contributed by atoms with E-state index in [0.717, 1.165) is 11.1 Å². The first-order valence-corrected chi connectivity index (χ1v) is 5.37. The summed E-state index contributed by atoms with van der Waals surface area (Å²) in [5, 5.41) is 13.9. The van der Waals surface area contributed by atoms with Crippen LogP contribution in [0.15, 0.2) is 28.8 Å². The van der Waals surface area contributed by atoms with Crippen LogP contribution in [0.5, 0.6) is 0 Å². The van der Waals surface area contributed by atoms with E-state index in [4.69, 9.17) is 16.1 Å². The smallest absolute Gasteiger partial charge is 0.165 e. The highest BCUT2D eigenvalue weighted by Gasteiger charge is 2.11. The monoisotopic (exact) mass is 237 g/mol.